The molecule has 0 aliphatic carbocycles. The third-order valence-corrected chi connectivity index (χ3v) is 4.03. The normalized spacial score (nSPS) is 11.2. The first-order valence-corrected chi connectivity index (χ1v) is 8.85. The summed E-state index contributed by atoms with van der Waals surface area (Å²) in [6.45, 7) is 6.12. The van der Waals surface area contributed by atoms with Gasteiger partial charge >= 0.3 is 0 Å². The van der Waals surface area contributed by atoms with Gasteiger partial charge in [0, 0.05) is 12.1 Å². The summed E-state index contributed by atoms with van der Waals surface area (Å²) in [4.78, 5) is 0. The van der Waals surface area contributed by atoms with Crippen LogP contribution in [-0.4, -0.2) is 6.10 Å². The maximum Gasteiger partial charge on any atom is 0.134 e. The first kappa shape index (κ1) is 18.4. The Labute approximate surface area is 153 Å². The molecule has 0 saturated heterocycles. The van der Waals surface area contributed by atoms with Gasteiger partial charge in [0.05, 0.1) is 19.3 Å². The van der Waals surface area contributed by atoms with E-state index in [1.54, 1.807) is 12.1 Å². The molecule has 0 bridgehead atoms. The second kappa shape index (κ2) is 8.79. The Morgan fingerprint density at radius 3 is 2.27 bits per heavy atom. The maximum atomic E-state index is 13.0. The molecule has 3 rings (SSSR count). The van der Waals surface area contributed by atoms with Crippen LogP contribution in [0.5, 0.6) is 0 Å². The van der Waals surface area contributed by atoms with Crippen LogP contribution >= 0.6 is 0 Å². The van der Waals surface area contributed by atoms with E-state index in [0.29, 0.717) is 13.2 Å². The summed E-state index contributed by atoms with van der Waals surface area (Å²) in [5.41, 5.74) is 3.26. The highest BCUT2D eigenvalue weighted by Crippen LogP contribution is 2.22. The lowest BCUT2D eigenvalue weighted by atomic mass is 10.1. The van der Waals surface area contributed by atoms with E-state index < -0.39 is 0 Å². The quantitative estimate of drug-likeness (QED) is 0.597. The lowest BCUT2D eigenvalue weighted by Gasteiger charge is -2.08. The largest absolute Gasteiger partial charge is 0.460 e. The smallest absolute Gasteiger partial charge is 0.134 e. The summed E-state index contributed by atoms with van der Waals surface area (Å²) >= 11 is 0. The van der Waals surface area contributed by atoms with Gasteiger partial charge in [-0.1, -0.05) is 24.3 Å². The summed E-state index contributed by atoms with van der Waals surface area (Å²) in [5, 5.41) is 3.38. The number of hydrogen-bond acceptors (Lipinski definition) is 3. The van der Waals surface area contributed by atoms with Crippen LogP contribution in [0.25, 0.3) is 11.3 Å². The number of halogens is 1. The van der Waals surface area contributed by atoms with E-state index in [0.717, 1.165) is 23.6 Å². The van der Waals surface area contributed by atoms with Crippen LogP contribution in [0.1, 0.15) is 30.7 Å². The van der Waals surface area contributed by atoms with Crippen molar-refractivity contribution in [1.82, 2.24) is 5.32 Å². The van der Waals surface area contributed by atoms with Gasteiger partial charge < -0.3 is 14.5 Å². The van der Waals surface area contributed by atoms with Gasteiger partial charge in [-0.05, 0) is 61.4 Å². The summed E-state index contributed by atoms with van der Waals surface area (Å²) in [6, 6.07) is 18.6. The van der Waals surface area contributed by atoms with Gasteiger partial charge in [-0.2, -0.15) is 0 Å². The minimum atomic E-state index is -0.246. The topological polar surface area (TPSA) is 34.4 Å². The van der Waals surface area contributed by atoms with Crippen molar-refractivity contribution in [1.29, 1.82) is 0 Å². The van der Waals surface area contributed by atoms with Crippen molar-refractivity contribution in [2.75, 3.05) is 0 Å². The van der Waals surface area contributed by atoms with E-state index in [4.69, 9.17) is 9.15 Å². The highest BCUT2D eigenvalue weighted by Gasteiger charge is 2.05. The number of rotatable bonds is 8. The standard InChI is InChI=1S/C22H24FNO2/c1-16(2)25-15-18-5-3-17(4-6-18)13-24-14-21-11-12-22(26-21)19-7-9-20(23)10-8-19/h3-12,16,24H,13-15H2,1-2H3. The van der Waals surface area contributed by atoms with E-state index >= 15 is 0 Å². The third-order valence-electron chi connectivity index (χ3n) is 4.03. The molecular formula is C22H24FNO2. The van der Waals surface area contributed by atoms with Gasteiger partial charge in [0.15, 0.2) is 0 Å². The Hall–Kier alpha value is -2.43. The molecule has 1 heterocycles. The zero-order valence-electron chi connectivity index (χ0n) is 15.2. The molecule has 0 unspecified atom stereocenters. The second-order valence-corrected chi connectivity index (χ2v) is 6.55. The van der Waals surface area contributed by atoms with E-state index in [2.05, 4.69) is 29.6 Å². The number of nitrogens with one attached hydrogen (secondary N) is 1. The first-order chi connectivity index (χ1) is 12.6. The molecule has 4 heteroatoms. The summed E-state index contributed by atoms with van der Waals surface area (Å²) in [6.07, 6.45) is 0.240. The average molecular weight is 353 g/mol. The van der Waals surface area contributed by atoms with E-state index in [1.807, 2.05) is 26.0 Å². The maximum absolute atomic E-state index is 13.0. The van der Waals surface area contributed by atoms with Crippen LogP contribution in [0.3, 0.4) is 0 Å². The summed E-state index contributed by atoms with van der Waals surface area (Å²) < 4.78 is 24.4. The lowest BCUT2D eigenvalue weighted by Crippen LogP contribution is -2.12. The molecule has 1 aromatic heterocycles. The molecule has 136 valence electrons. The number of hydrogen-bond donors (Lipinski definition) is 1. The van der Waals surface area contributed by atoms with Gasteiger partial charge in [0.2, 0.25) is 0 Å². The van der Waals surface area contributed by atoms with Crippen LogP contribution in [0.2, 0.25) is 0 Å². The SMILES string of the molecule is CC(C)OCc1ccc(CNCc2ccc(-c3ccc(F)cc3)o2)cc1. The Morgan fingerprint density at radius 2 is 1.58 bits per heavy atom. The van der Waals surface area contributed by atoms with Crippen molar-refractivity contribution in [2.45, 2.75) is 39.6 Å². The molecule has 0 atom stereocenters. The van der Waals surface area contributed by atoms with Crippen molar-refractivity contribution in [2.24, 2.45) is 0 Å². The molecule has 0 saturated carbocycles. The average Bonchev–Trinajstić information content (AvgIpc) is 3.10. The Morgan fingerprint density at radius 1 is 0.885 bits per heavy atom. The molecule has 0 aliphatic rings. The zero-order valence-corrected chi connectivity index (χ0v) is 15.2. The van der Waals surface area contributed by atoms with Gasteiger partial charge in [-0.25, -0.2) is 4.39 Å². The van der Waals surface area contributed by atoms with Crippen molar-refractivity contribution in [3.63, 3.8) is 0 Å². The highest BCUT2D eigenvalue weighted by molar-refractivity contribution is 5.57. The number of ether oxygens (including phenoxy) is 1. The molecule has 0 radical (unpaired) electrons. The molecule has 1 N–H and O–H groups in total. The predicted molar refractivity (Wildman–Crippen MR) is 101 cm³/mol. The van der Waals surface area contributed by atoms with Crippen LogP contribution in [-0.2, 0) is 24.4 Å². The minimum absolute atomic E-state index is 0.240. The van der Waals surface area contributed by atoms with Gasteiger partial charge in [-0.3, -0.25) is 0 Å². The minimum Gasteiger partial charge on any atom is -0.460 e. The monoisotopic (exact) mass is 353 g/mol. The Bertz CT molecular complexity index is 807. The third kappa shape index (κ3) is 5.28. The Balaban J connectivity index is 1.48. The van der Waals surface area contributed by atoms with E-state index in [1.165, 1.54) is 23.3 Å². The predicted octanol–water partition coefficient (Wildman–Crippen LogP) is 5.30. The van der Waals surface area contributed by atoms with Crippen LogP contribution in [0.4, 0.5) is 4.39 Å². The summed E-state index contributed by atoms with van der Waals surface area (Å²) in [7, 11) is 0. The van der Waals surface area contributed by atoms with Crippen LogP contribution in [0, 0.1) is 5.82 Å². The molecule has 0 amide bonds. The van der Waals surface area contributed by atoms with Crippen molar-refractivity contribution >= 4 is 0 Å². The second-order valence-electron chi connectivity index (χ2n) is 6.55. The zero-order chi connectivity index (χ0) is 18.4. The molecule has 0 spiro atoms. The molecule has 0 aliphatic heterocycles. The van der Waals surface area contributed by atoms with Gasteiger partial charge in [-0.15, -0.1) is 0 Å². The van der Waals surface area contributed by atoms with Crippen molar-refractivity contribution in [3.05, 3.63) is 83.4 Å². The van der Waals surface area contributed by atoms with Crippen molar-refractivity contribution in [3.8, 4) is 11.3 Å². The molecule has 3 nitrogen and oxygen atoms in total. The fourth-order valence-corrected chi connectivity index (χ4v) is 2.59. The molecule has 0 fully saturated rings. The van der Waals surface area contributed by atoms with E-state index in [9.17, 15) is 4.39 Å². The lowest BCUT2D eigenvalue weighted by molar-refractivity contribution is 0.0657. The number of furan rings is 1. The van der Waals surface area contributed by atoms with Gasteiger partial charge in [0.1, 0.15) is 17.3 Å². The first-order valence-electron chi connectivity index (χ1n) is 8.85. The Kier molecular flexibility index (Phi) is 6.21. The molecule has 2 aromatic carbocycles. The highest BCUT2D eigenvalue weighted by atomic mass is 19.1. The summed E-state index contributed by atoms with van der Waals surface area (Å²) in [5.74, 6) is 1.35. The molecular weight excluding hydrogens is 329 g/mol. The molecule has 26 heavy (non-hydrogen) atoms. The fourth-order valence-electron chi connectivity index (χ4n) is 2.59. The number of benzene rings is 2. The van der Waals surface area contributed by atoms with Crippen molar-refractivity contribution < 1.29 is 13.5 Å². The molecule has 3 aromatic rings. The van der Waals surface area contributed by atoms with Crippen LogP contribution in [0.15, 0.2) is 65.1 Å². The van der Waals surface area contributed by atoms with Gasteiger partial charge in [0.25, 0.3) is 0 Å². The van der Waals surface area contributed by atoms with Crippen LogP contribution < -0.4 is 5.32 Å². The fraction of sp³-hybridized carbons (Fsp3) is 0.273. The van der Waals surface area contributed by atoms with E-state index in [-0.39, 0.29) is 11.9 Å².